The molecule has 156 valence electrons. The van der Waals surface area contributed by atoms with E-state index in [1.807, 2.05) is 25.1 Å². The fourth-order valence-electron chi connectivity index (χ4n) is 3.60. The average Bonchev–Trinajstić information content (AvgIpc) is 3.25. The van der Waals surface area contributed by atoms with Crippen molar-refractivity contribution in [3.05, 3.63) is 41.7 Å². The number of piperidine rings is 1. The van der Waals surface area contributed by atoms with Crippen LogP contribution in [0.3, 0.4) is 0 Å². The van der Waals surface area contributed by atoms with Crippen LogP contribution >= 0.6 is 0 Å². The van der Waals surface area contributed by atoms with Gasteiger partial charge in [-0.1, -0.05) is 12.5 Å². The number of H-pyrrole nitrogens is 1. The molecular formula is C20H25N3O5S. The van der Waals surface area contributed by atoms with Crippen LogP contribution in [0.5, 0.6) is 11.5 Å². The number of aromatic amines is 1. The fraction of sp³-hybridized carbons (Fsp3) is 0.450. The number of nitrogens with one attached hydrogen (secondary N) is 2. The summed E-state index contributed by atoms with van der Waals surface area (Å²) in [5.41, 5.74) is 1.08. The van der Waals surface area contributed by atoms with E-state index in [9.17, 15) is 13.2 Å². The van der Waals surface area contributed by atoms with Gasteiger partial charge in [0.25, 0.3) is 5.91 Å². The van der Waals surface area contributed by atoms with Crippen molar-refractivity contribution in [2.45, 2.75) is 37.1 Å². The van der Waals surface area contributed by atoms with Gasteiger partial charge in [0.2, 0.25) is 10.0 Å². The molecule has 9 heteroatoms. The Labute approximate surface area is 170 Å². The maximum atomic E-state index is 12.8. The van der Waals surface area contributed by atoms with Gasteiger partial charge in [-0.05, 0) is 43.5 Å². The van der Waals surface area contributed by atoms with Gasteiger partial charge in [0.15, 0.2) is 11.5 Å². The Bertz CT molecular complexity index is 995. The second-order valence-corrected chi connectivity index (χ2v) is 9.25. The van der Waals surface area contributed by atoms with Crippen LogP contribution in [0.1, 0.15) is 48.3 Å². The minimum atomic E-state index is -3.57. The lowest BCUT2D eigenvalue weighted by Crippen LogP contribution is -2.35. The molecule has 0 spiro atoms. The molecule has 2 aliphatic heterocycles. The molecule has 3 heterocycles. The zero-order valence-corrected chi connectivity index (χ0v) is 17.1. The van der Waals surface area contributed by atoms with Crippen LogP contribution in [0.4, 0.5) is 0 Å². The Morgan fingerprint density at radius 2 is 1.83 bits per heavy atom. The summed E-state index contributed by atoms with van der Waals surface area (Å²) >= 11 is 0. The maximum Gasteiger partial charge on any atom is 0.268 e. The minimum absolute atomic E-state index is 0.122. The molecule has 29 heavy (non-hydrogen) atoms. The summed E-state index contributed by atoms with van der Waals surface area (Å²) in [4.78, 5) is 15.5. The Kier molecular flexibility index (Phi) is 5.51. The minimum Gasteiger partial charge on any atom is -0.486 e. The zero-order valence-electron chi connectivity index (χ0n) is 16.3. The molecule has 1 fully saturated rings. The Balaban J connectivity index is 1.45. The molecule has 1 saturated heterocycles. The molecule has 0 unspecified atom stereocenters. The second-order valence-electron chi connectivity index (χ2n) is 7.31. The molecule has 2 aromatic rings. The zero-order chi connectivity index (χ0) is 20.4. The number of benzene rings is 1. The third-order valence-electron chi connectivity index (χ3n) is 5.27. The smallest absolute Gasteiger partial charge is 0.268 e. The largest absolute Gasteiger partial charge is 0.486 e. The molecule has 1 amide bonds. The van der Waals surface area contributed by atoms with Gasteiger partial charge in [0.1, 0.15) is 23.8 Å². The van der Waals surface area contributed by atoms with E-state index in [0.717, 1.165) is 24.8 Å². The first-order chi connectivity index (χ1) is 13.9. The Morgan fingerprint density at radius 3 is 2.59 bits per heavy atom. The lowest BCUT2D eigenvalue weighted by atomic mass is 10.1. The molecular weight excluding hydrogens is 394 g/mol. The highest BCUT2D eigenvalue weighted by Crippen LogP contribution is 2.32. The Morgan fingerprint density at radius 1 is 1.10 bits per heavy atom. The van der Waals surface area contributed by atoms with Crippen LogP contribution in [0.2, 0.25) is 0 Å². The summed E-state index contributed by atoms with van der Waals surface area (Å²) < 4.78 is 38.1. The predicted octanol–water partition coefficient (Wildman–Crippen LogP) is 2.45. The molecule has 0 radical (unpaired) electrons. The number of amides is 1. The summed E-state index contributed by atoms with van der Waals surface area (Å²) in [5, 5.41) is 2.89. The second kappa shape index (κ2) is 8.08. The van der Waals surface area contributed by atoms with Gasteiger partial charge in [0.05, 0.1) is 6.04 Å². The van der Waals surface area contributed by atoms with Crippen LogP contribution < -0.4 is 14.8 Å². The van der Waals surface area contributed by atoms with Crippen molar-refractivity contribution in [1.82, 2.24) is 14.6 Å². The van der Waals surface area contributed by atoms with E-state index in [-0.39, 0.29) is 22.5 Å². The summed E-state index contributed by atoms with van der Waals surface area (Å²) in [6.07, 6.45) is 4.16. The maximum absolute atomic E-state index is 12.8. The van der Waals surface area contributed by atoms with Crippen LogP contribution in [0.25, 0.3) is 0 Å². The SMILES string of the molecule is C[C@@H](NC(=O)c1cc(S(=O)(=O)N2CCCCC2)c[nH]1)c1ccc2c(c1)OCCO2. The highest BCUT2D eigenvalue weighted by molar-refractivity contribution is 7.89. The van der Waals surface area contributed by atoms with Gasteiger partial charge in [-0.15, -0.1) is 0 Å². The van der Waals surface area contributed by atoms with E-state index < -0.39 is 10.0 Å². The number of aromatic nitrogens is 1. The highest BCUT2D eigenvalue weighted by atomic mass is 32.2. The lowest BCUT2D eigenvalue weighted by molar-refractivity contribution is 0.0935. The first-order valence-electron chi connectivity index (χ1n) is 9.84. The van der Waals surface area contributed by atoms with Gasteiger partial charge >= 0.3 is 0 Å². The van der Waals surface area contributed by atoms with Crippen LogP contribution in [-0.4, -0.2) is 49.9 Å². The number of ether oxygens (including phenoxy) is 2. The summed E-state index contributed by atoms with van der Waals surface area (Å²) in [6, 6.07) is 6.66. The number of hydrogen-bond acceptors (Lipinski definition) is 5. The number of hydrogen-bond donors (Lipinski definition) is 2. The molecule has 4 rings (SSSR count). The number of carbonyl (C=O) groups excluding carboxylic acids is 1. The van der Waals surface area contributed by atoms with E-state index in [2.05, 4.69) is 10.3 Å². The molecule has 1 aromatic carbocycles. The molecule has 2 N–H and O–H groups in total. The van der Waals surface area contributed by atoms with Crippen LogP contribution in [-0.2, 0) is 10.0 Å². The third-order valence-corrected chi connectivity index (χ3v) is 7.14. The van der Waals surface area contributed by atoms with Crippen LogP contribution in [0, 0.1) is 0 Å². The number of fused-ring (bicyclic) bond motifs is 1. The normalized spacial score (nSPS) is 18.2. The molecule has 0 bridgehead atoms. The lowest BCUT2D eigenvalue weighted by Gasteiger charge is -2.25. The third kappa shape index (κ3) is 4.11. The summed E-state index contributed by atoms with van der Waals surface area (Å²) in [7, 11) is -3.57. The fourth-order valence-corrected chi connectivity index (χ4v) is 5.11. The van der Waals surface area contributed by atoms with Crippen molar-refractivity contribution in [2.24, 2.45) is 0 Å². The van der Waals surface area contributed by atoms with E-state index >= 15 is 0 Å². The van der Waals surface area contributed by atoms with Crippen molar-refractivity contribution in [3.8, 4) is 11.5 Å². The van der Waals surface area contributed by atoms with Crippen molar-refractivity contribution in [2.75, 3.05) is 26.3 Å². The van der Waals surface area contributed by atoms with Gasteiger partial charge < -0.3 is 19.8 Å². The van der Waals surface area contributed by atoms with Crippen LogP contribution in [0.15, 0.2) is 35.4 Å². The quantitative estimate of drug-likeness (QED) is 0.775. The number of sulfonamides is 1. The summed E-state index contributed by atoms with van der Waals surface area (Å²) in [6.45, 7) is 3.92. The van der Waals surface area contributed by atoms with Gasteiger partial charge in [-0.3, -0.25) is 4.79 Å². The van der Waals surface area contributed by atoms with E-state index in [0.29, 0.717) is 37.8 Å². The van der Waals surface area contributed by atoms with E-state index in [1.54, 1.807) is 0 Å². The van der Waals surface area contributed by atoms with Gasteiger partial charge in [-0.2, -0.15) is 4.31 Å². The monoisotopic (exact) mass is 419 g/mol. The number of carbonyl (C=O) groups is 1. The molecule has 0 saturated carbocycles. The van der Waals surface area contributed by atoms with Crippen molar-refractivity contribution in [3.63, 3.8) is 0 Å². The van der Waals surface area contributed by atoms with E-state index in [4.69, 9.17) is 9.47 Å². The van der Waals surface area contributed by atoms with E-state index in [1.165, 1.54) is 16.6 Å². The molecule has 0 aliphatic carbocycles. The van der Waals surface area contributed by atoms with Crippen molar-refractivity contribution < 1.29 is 22.7 Å². The van der Waals surface area contributed by atoms with Crippen molar-refractivity contribution >= 4 is 15.9 Å². The Hall–Kier alpha value is -2.52. The molecule has 2 aliphatic rings. The standard InChI is InChI=1S/C20H25N3O5S/c1-14(15-5-6-18-19(11-15)28-10-9-27-18)22-20(24)17-12-16(13-21-17)29(25,26)23-7-3-2-4-8-23/h5-6,11-14,21H,2-4,7-10H2,1H3,(H,22,24)/t14-/m1/s1. The highest BCUT2D eigenvalue weighted by Gasteiger charge is 2.28. The molecule has 1 atom stereocenters. The molecule has 8 nitrogen and oxygen atoms in total. The van der Waals surface area contributed by atoms with Gasteiger partial charge in [-0.25, -0.2) is 8.42 Å². The first-order valence-corrected chi connectivity index (χ1v) is 11.3. The topological polar surface area (TPSA) is 101 Å². The van der Waals surface area contributed by atoms with Gasteiger partial charge in [0, 0.05) is 19.3 Å². The predicted molar refractivity (Wildman–Crippen MR) is 107 cm³/mol. The number of nitrogens with zero attached hydrogens (tertiary/aromatic N) is 1. The average molecular weight is 420 g/mol. The van der Waals surface area contributed by atoms with Crippen molar-refractivity contribution in [1.29, 1.82) is 0 Å². The first kappa shape index (κ1) is 19.8. The number of rotatable bonds is 5. The summed E-state index contributed by atoms with van der Waals surface area (Å²) in [5.74, 6) is 0.979. The molecule has 1 aromatic heterocycles.